The maximum atomic E-state index is 6.44. The molecule has 0 aromatic carbocycles. The topological polar surface area (TPSA) is 223 Å². The predicted octanol–water partition coefficient (Wildman–Crippen LogP) is 1.30. The second-order valence-corrected chi connectivity index (χ2v) is 12.9. The van der Waals surface area contributed by atoms with E-state index in [4.69, 9.17) is 39.7 Å². The SMILES string of the molecule is Cc1cocc1CNC1=NC(CCN(Cc2cocc2C)C2=NC(CN(Cc3cocc3C)C3=NC(C)N=C(N(C)C)N3)N=C(N)N2)N=C(N)N1. The number of hydrogen-bond acceptors (Lipinski definition) is 18. The minimum atomic E-state index is -0.560. The van der Waals surface area contributed by atoms with Gasteiger partial charge in [-0.3, -0.25) is 16.0 Å². The Balaban J connectivity index is 1.22. The Kier molecular flexibility index (Phi) is 10.5. The highest BCUT2D eigenvalue weighted by Gasteiger charge is 2.28. The van der Waals surface area contributed by atoms with Crippen LogP contribution >= 0.6 is 0 Å². The van der Waals surface area contributed by atoms with Crippen molar-refractivity contribution < 1.29 is 13.3 Å². The van der Waals surface area contributed by atoms with Gasteiger partial charge in [-0.15, -0.1) is 0 Å². The lowest BCUT2D eigenvalue weighted by molar-refractivity contribution is 0.348. The van der Waals surface area contributed by atoms with Crippen LogP contribution in [0.3, 0.4) is 0 Å². The van der Waals surface area contributed by atoms with Crippen LogP contribution < -0.4 is 32.7 Å². The number of furan rings is 3. The molecule has 3 aromatic rings. The number of guanidine groups is 6. The Hall–Kier alpha value is -5.94. The number of rotatable bonds is 11. The minimum Gasteiger partial charge on any atom is -0.472 e. The zero-order valence-corrected chi connectivity index (χ0v) is 29.8. The molecule has 0 spiro atoms. The van der Waals surface area contributed by atoms with Crippen LogP contribution in [0.5, 0.6) is 0 Å². The number of nitrogens with one attached hydrogen (secondary N) is 4. The van der Waals surface area contributed by atoms with Crippen molar-refractivity contribution in [3.8, 4) is 0 Å². The summed E-state index contributed by atoms with van der Waals surface area (Å²) in [6.07, 6.45) is 9.64. The van der Waals surface area contributed by atoms with Crippen molar-refractivity contribution in [2.75, 3.05) is 27.2 Å². The van der Waals surface area contributed by atoms with Gasteiger partial charge in [0, 0.05) is 63.4 Å². The summed E-state index contributed by atoms with van der Waals surface area (Å²) >= 11 is 0. The number of nitrogens with zero attached hydrogens (tertiary/aromatic N) is 9. The maximum Gasteiger partial charge on any atom is 0.203 e. The van der Waals surface area contributed by atoms with Crippen LogP contribution in [0.1, 0.15) is 46.7 Å². The highest BCUT2D eigenvalue weighted by molar-refractivity contribution is 6.01. The van der Waals surface area contributed by atoms with E-state index >= 15 is 0 Å². The molecule has 0 radical (unpaired) electrons. The van der Waals surface area contributed by atoms with Gasteiger partial charge in [0.25, 0.3) is 0 Å². The Bertz CT molecular complexity index is 1860. The summed E-state index contributed by atoms with van der Waals surface area (Å²) in [7, 11) is 3.87. The summed E-state index contributed by atoms with van der Waals surface area (Å²) in [6.45, 7) is 10.4. The first-order valence-corrected chi connectivity index (χ1v) is 16.8. The molecule has 3 unspecified atom stereocenters. The van der Waals surface area contributed by atoms with Crippen molar-refractivity contribution >= 4 is 35.8 Å². The normalized spacial score (nSPS) is 20.0. The second kappa shape index (κ2) is 15.3. The third-order valence-electron chi connectivity index (χ3n) is 8.57. The van der Waals surface area contributed by atoms with Crippen LogP contribution in [0.25, 0.3) is 0 Å². The largest absolute Gasteiger partial charge is 0.472 e. The standard InChI is InChI=1S/C33H47N15O3/c1-19-13-49-16-23(19)9-36-30-41-26(39-28(34)43-30)7-8-47(10-24-17-50-14-20(24)2)33-42-27(40-29(35)44-33)12-48(11-25-18-51-15-21(25)3)32-38-22(4)37-31(45-32)46(5)6/h13-18,22,26-27H,7-12H2,1-6H3,(H,37,38,45)(H3,35,40,42,44)(H4,34,36,39,41,43). The molecule has 3 aliphatic rings. The van der Waals surface area contributed by atoms with E-state index in [1.807, 2.05) is 46.7 Å². The zero-order valence-electron chi connectivity index (χ0n) is 29.8. The molecule has 51 heavy (non-hydrogen) atoms. The van der Waals surface area contributed by atoms with Gasteiger partial charge in [-0.1, -0.05) is 0 Å². The summed E-state index contributed by atoms with van der Waals surface area (Å²) in [5.41, 5.74) is 18.8. The van der Waals surface area contributed by atoms with E-state index in [1.165, 1.54) is 0 Å². The maximum absolute atomic E-state index is 6.44. The van der Waals surface area contributed by atoms with Gasteiger partial charge in [-0.25, -0.2) is 30.0 Å². The second-order valence-electron chi connectivity index (χ2n) is 12.9. The number of nitrogens with two attached hydrogens (primary N) is 2. The molecule has 6 heterocycles. The number of aryl methyl sites for hydroxylation is 3. The van der Waals surface area contributed by atoms with Gasteiger partial charge in [0.2, 0.25) is 23.8 Å². The van der Waals surface area contributed by atoms with Crippen LogP contribution in [0.2, 0.25) is 0 Å². The molecule has 3 atom stereocenters. The molecule has 0 amide bonds. The lowest BCUT2D eigenvalue weighted by Crippen LogP contribution is -2.54. The molecule has 272 valence electrons. The van der Waals surface area contributed by atoms with Gasteiger partial charge in [-0.2, -0.15) is 0 Å². The van der Waals surface area contributed by atoms with Crippen molar-refractivity contribution in [1.82, 2.24) is 36.0 Å². The Labute approximate surface area is 296 Å². The van der Waals surface area contributed by atoms with Crippen molar-refractivity contribution in [2.24, 2.45) is 41.4 Å². The third kappa shape index (κ3) is 8.81. The van der Waals surface area contributed by atoms with Crippen LogP contribution in [-0.2, 0) is 19.6 Å². The molecular weight excluding hydrogens is 654 g/mol. The van der Waals surface area contributed by atoms with Crippen LogP contribution in [0, 0.1) is 20.8 Å². The molecule has 3 aliphatic heterocycles. The minimum absolute atomic E-state index is 0.254. The van der Waals surface area contributed by atoms with E-state index in [1.54, 1.807) is 37.6 Å². The molecule has 0 fully saturated rings. The van der Waals surface area contributed by atoms with Crippen molar-refractivity contribution in [3.05, 3.63) is 71.0 Å². The average Bonchev–Trinajstić information content (AvgIpc) is 3.81. The summed E-state index contributed by atoms with van der Waals surface area (Å²) in [5, 5.41) is 12.9. The Morgan fingerprint density at radius 3 is 1.86 bits per heavy atom. The molecule has 0 saturated heterocycles. The molecule has 0 aliphatic carbocycles. The van der Waals surface area contributed by atoms with Gasteiger partial charge in [0.05, 0.1) is 44.1 Å². The van der Waals surface area contributed by atoms with E-state index < -0.39 is 12.3 Å². The van der Waals surface area contributed by atoms with Gasteiger partial charge >= 0.3 is 0 Å². The summed E-state index contributed by atoms with van der Waals surface area (Å²) in [6, 6.07) is 0. The number of hydrogen-bond donors (Lipinski definition) is 6. The fraction of sp³-hybridized carbons (Fsp3) is 0.455. The number of aliphatic imine (C=N–C) groups is 6. The summed E-state index contributed by atoms with van der Waals surface area (Å²) < 4.78 is 16.3. The van der Waals surface area contributed by atoms with Crippen LogP contribution in [0.15, 0.2) is 80.8 Å². The quantitative estimate of drug-likeness (QED) is 0.167. The van der Waals surface area contributed by atoms with Crippen LogP contribution in [-0.4, -0.2) is 96.1 Å². The van der Waals surface area contributed by atoms with Crippen molar-refractivity contribution in [1.29, 1.82) is 0 Å². The predicted molar refractivity (Wildman–Crippen MR) is 196 cm³/mol. The lowest BCUT2D eigenvalue weighted by Gasteiger charge is -2.34. The van der Waals surface area contributed by atoms with Gasteiger partial charge in [0.15, 0.2) is 18.1 Å². The summed E-state index contributed by atoms with van der Waals surface area (Å²) in [5.74, 6) is 3.01. The fourth-order valence-corrected chi connectivity index (χ4v) is 5.64. The fourth-order valence-electron chi connectivity index (χ4n) is 5.64. The monoisotopic (exact) mass is 701 g/mol. The van der Waals surface area contributed by atoms with Crippen molar-refractivity contribution in [2.45, 2.75) is 72.2 Å². The molecular formula is C33H47N15O3. The average molecular weight is 702 g/mol. The van der Waals surface area contributed by atoms with Gasteiger partial charge < -0.3 is 44.7 Å². The van der Waals surface area contributed by atoms with Gasteiger partial charge in [0.1, 0.15) is 12.3 Å². The molecule has 0 saturated carbocycles. The molecule has 8 N–H and O–H groups in total. The highest BCUT2D eigenvalue weighted by atomic mass is 16.3. The molecule has 18 heteroatoms. The third-order valence-corrected chi connectivity index (χ3v) is 8.57. The Morgan fingerprint density at radius 1 is 0.667 bits per heavy atom. The zero-order chi connectivity index (χ0) is 36.1. The van der Waals surface area contributed by atoms with Crippen LogP contribution in [0.4, 0.5) is 0 Å². The van der Waals surface area contributed by atoms with E-state index in [0.29, 0.717) is 63.0 Å². The van der Waals surface area contributed by atoms with Gasteiger partial charge in [-0.05, 0) is 44.4 Å². The Morgan fingerprint density at radius 2 is 1.24 bits per heavy atom. The van der Waals surface area contributed by atoms with Crippen molar-refractivity contribution in [3.63, 3.8) is 0 Å². The van der Waals surface area contributed by atoms with E-state index in [9.17, 15) is 0 Å². The molecule has 3 aromatic heterocycles. The first kappa shape index (κ1) is 34.9. The van der Waals surface area contributed by atoms with E-state index in [0.717, 1.165) is 33.4 Å². The first-order chi connectivity index (χ1) is 24.5. The smallest absolute Gasteiger partial charge is 0.203 e. The summed E-state index contributed by atoms with van der Waals surface area (Å²) in [4.78, 5) is 34.6. The molecule has 18 nitrogen and oxygen atoms in total. The molecule has 0 bridgehead atoms. The molecule has 6 rings (SSSR count). The lowest BCUT2D eigenvalue weighted by atomic mass is 10.2. The first-order valence-electron chi connectivity index (χ1n) is 16.8. The van der Waals surface area contributed by atoms with E-state index in [2.05, 4.69) is 46.0 Å². The highest BCUT2D eigenvalue weighted by Crippen LogP contribution is 2.19. The van der Waals surface area contributed by atoms with E-state index in [-0.39, 0.29) is 18.1 Å².